The Morgan fingerprint density at radius 3 is 2.33 bits per heavy atom. The number of carbonyl (C=O) groups is 2. The monoisotopic (exact) mass is 577 g/mol. The maximum Gasteiger partial charge on any atom is 0.287 e. The lowest BCUT2D eigenvalue weighted by molar-refractivity contribution is 0.0882. The molecule has 3 N–H and O–H groups in total. The van der Waals surface area contributed by atoms with Gasteiger partial charge in [0, 0.05) is 68.2 Å². The average molecular weight is 578 g/mol. The normalized spacial score (nSPS) is 16.6. The van der Waals surface area contributed by atoms with Crippen LogP contribution in [-0.4, -0.2) is 55.0 Å². The van der Waals surface area contributed by atoms with Crippen LogP contribution in [0.2, 0.25) is 0 Å². The number of ether oxygens (including phenoxy) is 1. The molecule has 0 saturated carbocycles. The number of likely N-dealkylation sites (tertiary alicyclic amines) is 1. The summed E-state index contributed by atoms with van der Waals surface area (Å²) in [5.74, 6) is 0.456. The van der Waals surface area contributed by atoms with E-state index >= 15 is 0 Å². The molecule has 220 valence electrons. The summed E-state index contributed by atoms with van der Waals surface area (Å²) in [5, 5.41) is 13.0. The van der Waals surface area contributed by atoms with Crippen molar-refractivity contribution in [2.45, 2.75) is 44.4 Å². The second-order valence-corrected chi connectivity index (χ2v) is 11.4. The maximum absolute atomic E-state index is 13.0. The lowest BCUT2D eigenvalue weighted by Gasteiger charge is -2.33. The molecule has 2 amide bonds. The number of hydrogen-bond acceptors (Lipinski definition) is 7. The second-order valence-electron chi connectivity index (χ2n) is 11.4. The number of carbonyl (C=O) groups excluding carboxylic acids is 2. The van der Waals surface area contributed by atoms with Crippen molar-refractivity contribution in [1.29, 1.82) is 5.26 Å². The molecule has 0 bridgehead atoms. The van der Waals surface area contributed by atoms with Gasteiger partial charge in [-0.3, -0.25) is 14.5 Å². The molecule has 1 aromatic heterocycles. The molecule has 2 aliphatic heterocycles. The zero-order valence-electron chi connectivity index (χ0n) is 24.0. The van der Waals surface area contributed by atoms with Crippen molar-refractivity contribution in [1.82, 2.24) is 10.2 Å². The fourth-order valence-electron chi connectivity index (χ4n) is 5.90. The van der Waals surface area contributed by atoms with Gasteiger partial charge < -0.3 is 25.1 Å². The molecule has 0 spiro atoms. The highest BCUT2D eigenvalue weighted by Crippen LogP contribution is 2.28. The van der Waals surface area contributed by atoms with Crippen molar-refractivity contribution in [2.75, 3.05) is 31.1 Å². The molecule has 0 radical (unpaired) electrons. The predicted molar refractivity (Wildman–Crippen MR) is 164 cm³/mol. The van der Waals surface area contributed by atoms with Crippen molar-refractivity contribution in [3.05, 3.63) is 95.2 Å². The lowest BCUT2D eigenvalue weighted by atomic mass is 10.0. The van der Waals surface area contributed by atoms with E-state index in [1.54, 1.807) is 18.2 Å². The molecule has 2 fully saturated rings. The van der Waals surface area contributed by atoms with E-state index in [4.69, 9.17) is 20.1 Å². The number of amides is 2. The van der Waals surface area contributed by atoms with Gasteiger partial charge in [0.1, 0.15) is 17.4 Å². The topological polar surface area (TPSA) is 125 Å². The average Bonchev–Trinajstić information content (AvgIpc) is 3.47. The number of nitriles is 1. The quantitative estimate of drug-likeness (QED) is 0.307. The Hall–Kier alpha value is -4.81. The predicted octanol–water partition coefficient (Wildman–Crippen LogP) is 4.85. The van der Waals surface area contributed by atoms with Crippen LogP contribution < -0.4 is 20.7 Å². The molecule has 6 rings (SSSR count). The smallest absolute Gasteiger partial charge is 0.287 e. The molecule has 9 nitrogen and oxygen atoms in total. The first-order chi connectivity index (χ1) is 20.9. The molecule has 0 atom stereocenters. The van der Waals surface area contributed by atoms with Crippen LogP contribution in [0, 0.1) is 11.3 Å². The van der Waals surface area contributed by atoms with Crippen LogP contribution in [0.4, 0.5) is 5.69 Å². The number of anilines is 1. The highest BCUT2D eigenvalue weighted by molar-refractivity contribution is 5.96. The fraction of sp³-hybridized carbons (Fsp3) is 0.324. The summed E-state index contributed by atoms with van der Waals surface area (Å²) in [6.45, 7) is 4.34. The Kier molecular flexibility index (Phi) is 8.29. The van der Waals surface area contributed by atoms with Crippen LogP contribution in [0.5, 0.6) is 5.75 Å². The third kappa shape index (κ3) is 6.82. The summed E-state index contributed by atoms with van der Waals surface area (Å²) >= 11 is 0. The van der Waals surface area contributed by atoms with Crippen LogP contribution in [0.25, 0.3) is 11.0 Å². The summed E-state index contributed by atoms with van der Waals surface area (Å²) < 4.78 is 12.2. The summed E-state index contributed by atoms with van der Waals surface area (Å²) in [4.78, 5) is 29.0. The maximum atomic E-state index is 13.0. The molecule has 9 heteroatoms. The SMILES string of the molecule is N#Cc1ccc(CN2CCC(NC(=O)c3cc4cc(OC5CCN(c6ccc(C(N)=O)cc6)CC5)ccc4o3)CC2)cc1. The largest absolute Gasteiger partial charge is 0.490 e. The molecule has 2 aliphatic rings. The van der Waals surface area contributed by atoms with Gasteiger partial charge in [-0.15, -0.1) is 0 Å². The van der Waals surface area contributed by atoms with Crippen LogP contribution in [-0.2, 0) is 6.54 Å². The Morgan fingerprint density at radius 2 is 1.65 bits per heavy atom. The number of benzene rings is 3. The molecular formula is C34H35N5O4. The van der Waals surface area contributed by atoms with Crippen molar-refractivity contribution in [2.24, 2.45) is 5.73 Å². The van der Waals surface area contributed by atoms with Gasteiger partial charge in [-0.2, -0.15) is 5.26 Å². The van der Waals surface area contributed by atoms with Gasteiger partial charge in [-0.05, 0) is 79.1 Å². The minimum absolute atomic E-state index is 0.0936. The zero-order valence-corrected chi connectivity index (χ0v) is 24.0. The Labute approximate surface area is 250 Å². The number of nitrogens with two attached hydrogens (primary N) is 1. The number of hydrogen-bond donors (Lipinski definition) is 2. The summed E-state index contributed by atoms with van der Waals surface area (Å²) in [6.07, 6.45) is 3.59. The molecule has 2 saturated heterocycles. The molecule has 0 aliphatic carbocycles. The molecular weight excluding hydrogens is 542 g/mol. The van der Waals surface area contributed by atoms with Gasteiger partial charge in [0.15, 0.2) is 5.76 Å². The third-order valence-electron chi connectivity index (χ3n) is 8.39. The second kappa shape index (κ2) is 12.6. The minimum atomic E-state index is -0.422. The zero-order chi connectivity index (χ0) is 29.8. The van der Waals surface area contributed by atoms with E-state index in [0.717, 1.165) is 75.2 Å². The van der Waals surface area contributed by atoms with E-state index in [2.05, 4.69) is 21.2 Å². The molecule has 4 aromatic rings. The molecule has 43 heavy (non-hydrogen) atoms. The van der Waals surface area contributed by atoms with Gasteiger partial charge in [0.25, 0.3) is 5.91 Å². The highest BCUT2D eigenvalue weighted by atomic mass is 16.5. The van der Waals surface area contributed by atoms with Crippen molar-refractivity contribution >= 4 is 28.5 Å². The summed E-state index contributed by atoms with van der Waals surface area (Å²) in [6, 6.07) is 24.8. The van der Waals surface area contributed by atoms with E-state index in [1.165, 1.54) is 5.56 Å². The first-order valence-corrected chi connectivity index (χ1v) is 14.8. The Bertz CT molecular complexity index is 1620. The first-order valence-electron chi connectivity index (χ1n) is 14.8. The number of primary amides is 1. The number of furan rings is 1. The number of fused-ring (bicyclic) bond motifs is 1. The van der Waals surface area contributed by atoms with Gasteiger partial charge in [0.05, 0.1) is 11.6 Å². The van der Waals surface area contributed by atoms with E-state index < -0.39 is 5.91 Å². The van der Waals surface area contributed by atoms with Gasteiger partial charge in [-0.25, -0.2) is 0 Å². The first kappa shape index (κ1) is 28.3. The van der Waals surface area contributed by atoms with Crippen molar-refractivity contribution < 1.29 is 18.7 Å². The highest BCUT2D eigenvalue weighted by Gasteiger charge is 2.24. The standard InChI is InChI=1S/C34H35N5O4/c35-21-23-1-3-24(4-2-23)22-38-15-11-27(12-16-38)37-34(41)32-20-26-19-30(9-10-31(26)43-32)42-29-13-17-39(18-14-29)28-7-5-25(6-8-28)33(36)40/h1-10,19-20,27,29H,11-18,22H2,(H2,36,40)(H,37,41). The van der Waals surface area contributed by atoms with E-state index in [-0.39, 0.29) is 18.1 Å². The van der Waals surface area contributed by atoms with Crippen molar-refractivity contribution in [3.8, 4) is 11.8 Å². The number of rotatable bonds is 8. The lowest BCUT2D eigenvalue weighted by Crippen LogP contribution is -2.44. The summed E-state index contributed by atoms with van der Waals surface area (Å²) in [7, 11) is 0. The summed E-state index contributed by atoms with van der Waals surface area (Å²) in [5.41, 5.74) is 9.44. The van der Waals surface area contributed by atoms with Crippen LogP contribution >= 0.6 is 0 Å². The van der Waals surface area contributed by atoms with E-state index in [0.29, 0.717) is 22.5 Å². The van der Waals surface area contributed by atoms with Gasteiger partial charge in [0.2, 0.25) is 5.91 Å². The van der Waals surface area contributed by atoms with E-state index in [1.807, 2.05) is 54.6 Å². The molecule has 3 aromatic carbocycles. The van der Waals surface area contributed by atoms with Crippen LogP contribution in [0.3, 0.4) is 0 Å². The van der Waals surface area contributed by atoms with Crippen LogP contribution in [0.15, 0.2) is 77.2 Å². The van der Waals surface area contributed by atoms with Crippen molar-refractivity contribution in [3.63, 3.8) is 0 Å². The van der Waals surface area contributed by atoms with Crippen LogP contribution in [0.1, 0.15) is 57.7 Å². The third-order valence-corrected chi connectivity index (χ3v) is 8.39. The van der Waals surface area contributed by atoms with Gasteiger partial charge in [-0.1, -0.05) is 12.1 Å². The number of piperidine rings is 2. The Balaban J connectivity index is 0.981. The minimum Gasteiger partial charge on any atom is -0.490 e. The fourth-order valence-corrected chi connectivity index (χ4v) is 5.90. The molecule has 3 heterocycles. The molecule has 0 unspecified atom stereocenters. The number of nitrogens with zero attached hydrogens (tertiary/aromatic N) is 3. The Morgan fingerprint density at radius 1 is 0.930 bits per heavy atom. The number of nitrogens with one attached hydrogen (secondary N) is 1. The van der Waals surface area contributed by atoms with Gasteiger partial charge >= 0.3 is 0 Å². The van der Waals surface area contributed by atoms with E-state index in [9.17, 15) is 9.59 Å².